The Labute approximate surface area is 246 Å². The molecule has 0 radical (unpaired) electrons. The van der Waals surface area contributed by atoms with Gasteiger partial charge in [0.1, 0.15) is 11.8 Å². The summed E-state index contributed by atoms with van der Waals surface area (Å²) in [5.74, 6) is 0.129. The monoisotopic (exact) mass is 591 g/mol. The van der Waals surface area contributed by atoms with Crippen molar-refractivity contribution in [1.82, 2.24) is 34.4 Å². The average Bonchev–Trinajstić information content (AvgIpc) is 3.47. The topological polar surface area (TPSA) is 113 Å². The second-order valence-corrected chi connectivity index (χ2v) is 13.1. The van der Waals surface area contributed by atoms with Crippen LogP contribution < -0.4 is 10.1 Å². The molecule has 0 saturated carbocycles. The van der Waals surface area contributed by atoms with Gasteiger partial charge in [-0.3, -0.25) is 14.0 Å². The maximum absolute atomic E-state index is 13.5. The van der Waals surface area contributed by atoms with E-state index in [9.17, 15) is 13.2 Å². The average molecular weight is 592 g/mol. The molecular weight excluding hydrogens is 554 g/mol. The number of rotatable bonds is 8. The first-order valence-electron chi connectivity index (χ1n) is 14.4. The molecule has 2 aromatic carbocycles. The SMILES string of the molecule is COc1ccc(S(=O)(=O)N2C=CNC(=O)[C@H]2Cc2cn([C@H]3CCCc4cc(CN5CCN(C)CC5)ccc43)nn2)cc1. The highest BCUT2D eigenvalue weighted by Crippen LogP contribution is 2.33. The molecule has 3 aliphatic rings. The number of benzene rings is 2. The van der Waals surface area contributed by atoms with E-state index in [0.29, 0.717) is 11.4 Å². The highest BCUT2D eigenvalue weighted by Gasteiger charge is 2.36. The van der Waals surface area contributed by atoms with Gasteiger partial charge in [-0.15, -0.1) is 5.10 Å². The Morgan fingerprint density at radius 3 is 2.62 bits per heavy atom. The molecule has 1 saturated heterocycles. The fourth-order valence-corrected chi connectivity index (χ4v) is 7.49. The first-order chi connectivity index (χ1) is 20.3. The fraction of sp³-hybridized carbons (Fsp3) is 0.433. The lowest BCUT2D eigenvalue weighted by Crippen LogP contribution is -2.50. The van der Waals surface area contributed by atoms with Gasteiger partial charge in [0, 0.05) is 57.7 Å². The van der Waals surface area contributed by atoms with Crippen LogP contribution in [-0.4, -0.2) is 89.8 Å². The molecule has 12 heteroatoms. The predicted octanol–water partition coefficient (Wildman–Crippen LogP) is 2.16. The van der Waals surface area contributed by atoms with Crippen molar-refractivity contribution < 1.29 is 17.9 Å². The fourth-order valence-electron chi connectivity index (χ4n) is 6.04. The second-order valence-electron chi connectivity index (χ2n) is 11.3. The maximum atomic E-state index is 13.5. The second kappa shape index (κ2) is 11.9. The highest BCUT2D eigenvalue weighted by atomic mass is 32.2. The Kier molecular flexibility index (Phi) is 8.02. The van der Waals surface area contributed by atoms with Crippen LogP contribution in [0.25, 0.3) is 0 Å². The van der Waals surface area contributed by atoms with Crippen LogP contribution in [-0.2, 0) is 34.2 Å². The molecule has 2 atom stereocenters. The third-order valence-electron chi connectivity index (χ3n) is 8.46. The number of aromatic nitrogens is 3. The molecular formula is C30H37N7O4S. The van der Waals surface area contributed by atoms with Crippen molar-refractivity contribution in [2.24, 2.45) is 0 Å². The number of sulfonamides is 1. The van der Waals surface area contributed by atoms with Crippen LogP contribution in [0.5, 0.6) is 5.75 Å². The van der Waals surface area contributed by atoms with Gasteiger partial charge in [-0.2, -0.15) is 0 Å². The number of nitrogens with zero attached hydrogens (tertiary/aromatic N) is 6. The van der Waals surface area contributed by atoms with Crippen LogP contribution in [0.15, 0.2) is 66.0 Å². The smallest absolute Gasteiger partial charge is 0.264 e. The molecule has 0 spiro atoms. The van der Waals surface area contributed by atoms with Gasteiger partial charge in [0.25, 0.3) is 10.0 Å². The summed E-state index contributed by atoms with van der Waals surface area (Å²) >= 11 is 0. The van der Waals surface area contributed by atoms with E-state index in [1.165, 1.54) is 48.3 Å². The van der Waals surface area contributed by atoms with Crippen molar-refractivity contribution in [3.05, 3.63) is 83.4 Å². The number of carbonyl (C=O) groups is 1. The largest absolute Gasteiger partial charge is 0.497 e. The lowest BCUT2D eigenvalue weighted by Gasteiger charge is -2.33. The van der Waals surface area contributed by atoms with Gasteiger partial charge in [-0.1, -0.05) is 23.4 Å². The van der Waals surface area contributed by atoms with Crippen molar-refractivity contribution >= 4 is 15.9 Å². The Hall–Kier alpha value is -3.74. The van der Waals surface area contributed by atoms with E-state index in [1.54, 1.807) is 12.1 Å². The summed E-state index contributed by atoms with van der Waals surface area (Å²) in [7, 11) is -0.300. The summed E-state index contributed by atoms with van der Waals surface area (Å²) in [6.07, 6.45) is 7.70. The van der Waals surface area contributed by atoms with Crippen LogP contribution in [0.3, 0.4) is 0 Å². The number of aryl methyl sites for hydroxylation is 1. The third-order valence-corrected chi connectivity index (χ3v) is 10.3. The van der Waals surface area contributed by atoms with E-state index in [-0.39, 0.29) is 17.4 Å². The molecule has 1 aromatic heterocycles. The van der Waals surface area contributed by atoms with Crippen LogP contribution in [0, 0.1) is 0 Å². The zero-order chi connectivity index (χ0) is 29.3. The summed E-state index contributed by atoms with van der Waals surface area (Å²) in [6, 6.07) is 12.0. The zero-order valence-corrected chi connectivity index (χ0v) is 24.8. The molecule has 3 aromatic rings. The quantitative estimate of drug-likeness (QED) is 0.424. The maximum Gasteiger partial charge on any atom is 0.264 e. The first-order valence-corrected chi connectivity index (χ1v) is 15.8. The number of nitrogens with one attached hydrogen (secondary N) is 1. The minimum Gasteiger partial charge on any atom is -0.497 e. The molecule has 0 unspecified atom stereocenters. The van der Waals surface area contributed by atoms with Crippen LogP contribution >= 0.6 is 0 Å². The number of likely N-dealkylation sites (N-methyl/N-ethyl adjacent to an activating group) is 1. The van der Waals surface area contributed by atoms with Gasteiger partial charge < -0.3 is 15.0 Å². The molecule has 222 valence electrons. The van der Waals surface area contributed by atoms with E-state index in [0.717, 1.165) is 56.3 Å². The van der Waals surface area contributed by atoms with E-state index >= 15 is 0 Å². The van der Waals surface area contributed by atoms with Gasteiger partial charge >= 0.3 is 0 Å². The van der Waals surface area contributed by atoms with Crippen molar-refractivity contribution in [3.63, 3.8) is 0 Å². The number of amides is 1. The number of hydrogen-bond acceptors (Lipinski definition) is 8. The molecule has 3 heterocycles. The number of carbonyl (C=O) groups excluding carboxylic acids is 1. The van der Waals surface area contributed by atoms with Gasteiger partial charge in [0.05, 0.1) is 23.7 Å². The standard InChI is InChI=1S/C30H37N7O4S/c1-34-14-16-35(17-15-34)20-22-6-11-27-23(18-22)4-3-5-28(27)36-21-24(32-33-36)19-29-30(38)31-12-13-37(29)42(39,40)26-9-7-25(41-2)8-10-26/h6-13,18,21,28-29H,3-5,14-17,19-20H2,1-2H3,(H,31,38)/t28-,29+/m0/s1. The van der Waals surface area contributed by atoms with Crippen molar-refractivity contribution in [2.75, 3.05) is 40.3 Å². The van der Waals surface area contributed by atoms with E-state index < -0.39 is 22.0 Å². The molecule has 11 nitrogen and oxygen atoms in total. The highest BCUT2D eigenvalue weighted by molar-refractivity contribution is 7.89. The number of methoxy groups -OCH3 is 1. The zero-order valence-electron chi connectivity index (χ0n) is 24.0. The van der Waals surface area contributed by atoms with Crippen molar-refractivity contribution in [2.45, 2.75) is 49.2 Å². The molecule has 42 heavy (non-hydrogen) atoms. The summed E-state index contributed by atoms with van der Waals surface area (Å²) in [6.45, 7) is 5.35. The molecule has 2 aliphatic heterocycles. The summed E-state index contributed by atoms with van der Waals surface area (Å²) in [5.41, 5.74) is 4.50. The number of piperazine rings is 1. The lowest BCUT2D eigenvalue weighted by atomic mass is 9.86. The van der Waals surface area contributed by atoms with E-state index in [4.69, 9.17) is 4.74 Å². The number of ether oxygens (including phenoxy) is 1. The minimum atomic E-state index is -3.99. The Morgan fingerprint density at radius 1 is 1.07 bits per heavy atom. The van der Waals surface area contributed by atoms with Crippen LogP contribution in [0.4, 0.5) is 0 Å². The van der Waals surface area contributed by atoms with Crippen molar-refractivity contribution in [3.8, 4) is 5.75 Å². The Balaban J connectivity index is 1.19. The van der Waals surface area contributed by atoms with Gasteiger partial charge in [-0.05, 0) is 67.3 Å². The third kappa shape index (κ3) is 5.79. The normalized spacial score (nSPS) is 21.7. The van der Waals surface area contributed by atoms with Crippen LogP contribution in [0.2, 0.25) is 0 Å². The Bertz CT molecular complexity index is 1560. The lowest BCUT2D eigenvalue weighted by molar-refractivity contribution is -0.124. The van der Waals surface area contributed by atoms with E-state index in [1.807, 2.05) is 10.9 Å². The Morgan fingerprint density at radius 2 is 1.86 bits per heavy atom. The van der Waals surface area contributed by atoms with E-state index in [2.05, 4.69) is 50.7 Å². The minimum absolute atomic E-state index is 0.0481. The molecule has 1 fully saturated rings. The molecule has 1 N–H and O–H groups in total. The van der Waals surface area contributed by atoms with Gasteiger partial charge in [0.15, 0.2) is 0 Å². The van der Waals surface area contributed by atoms with Crippen molar-refractivity contribution in [1.29, 1.82) is 0 Å². The van der Waals surface area contributed by atoms with Gasteiger partial charge in [0.2, 0.25) is 5.91 Å². The predicted molar refractivity (Wildman–Crippen MR) is 157 cm³/mol. The number of fused-ring (bicyclic) bond motifs is 1. The summed E-state index contributed by atoms with van der Waals surface area (Å²) < 4.78 is 35.1. The van der Waals surface area contributed by atoms with Crippen LogP contribution in [0.1, 0.15) is 41.3 Å². The molecule has 0 bridgehead atoms. The summed E-state index contributed by atoms with van der Waals surface area (Å²) in [5, 5.41) is 11.4. The molecule has 6 rings (SSSR count). The molecule has 1 aliphatic carbocycles. The first kappa shape index (κ1) is 28.4. The molecule has 1 amide bonds. The summed E-state index contributed by atoms with van der Waals surface area (Å²) in [4.78, 5) is 17.9. The number of hydrogen-bond donors (Lipinski definition) is 1. The van der Waals surface area contributed by atoms with Gasteiger partial charge in [-0.25, -0.2) is 13.1 Å².